The molecule has 1 saturated heterocycles. The number of hydrogen-bond acceptors (Lipinski definition) is 5. The van der Waals surface area contributed by atoms with Crippen molar-refractivity contribution in [3.8, 4) is 22.8 Å². The average Bonchev–Trinajstić information content (AvgIpc) is 3.32. The summed E-state index contributed by atoms with van der Waals surface area (Å²) in [4.78, 5) is 11.3. The Morgan fingerprint density at radius 1 is 0.875 bits per heavy atom. The van der Waals surface area contributed by atoms with E-state index in [9.17, 15) is 5.11 Å². The van der Waals surface area contributed by atoms with Gasteiger partial charge in [0.2, 0.25) is 5.88 Å². The van der Waals surface area contributed by atoms with Gasteiger partial charge in [0, 0.05) is 26.2 Å². The van der Waals surface area contributed by atoms with Crippen molar-refractivity contribution >= 4 is 10.9 Å². The summed E-state index contributed by atoms with van der Waals surface area (Å²) in [5.41, 5.74) is 4.47. The maximum Gasteiger partial charge on any atom is 0.230 e. The fourth-order valence-electron chi connectivity index (χ4n) is 5.09. The topological polar surface area (TPSA) is 58.5 Å². The van der Waals surface area contributed by atoms with E-state index in [2.05, 4.69) is 51.3 Å². The molecule has 2 heterocycles. The summed E-state index contributed by atoms with van der Waals surface area (Å²) in [6.45, 7) is 3.57. The number of ether oxygens (including phenoxy) is 1. The van der Waals surface area contributed by atoms with Crippen molar-refractivity contribution in [2.24, 2.45) is 17.8 Å². The molecule has 1 saturated carbocycles. The van der Waals surface area contributed by atoms with Gasteiger partial charge in [-0.25, -0.2) is 9.97 Å². The van der Waals surface area contributed by atoms with E-state index < -0.39 is 0 Å². The normalized spacial score (nSPS) is 22.1. The van der Waals surface area contributed by atoms with E-state index in [-0.39, 0.29) is 0 Å². The predicted molar refractivity (Wildman–Crippen MR) is 124 cm³/mol. The molecule has 1 aliphatic heterocycles. The van der Waals surface area contributed by atoms with Crippen LogP contribution in [-0.2, 0) is 6.54 Å². The van der Waals surface area contributed by atoms with Gasteiger partial charge in [-0.15, -0.1) is 0 Å². The van der Waals surface area contributed by atoms with Gasteiger partial charge in [0.1, 0.15) is 12.1 Å². The van der Waals surface area contributed by atoms with Crippen molar-refractivity contribution in [2.75, 3.05) is 19.7 Å². The third-order valence-corrected chi connectivity index (χ3v) is 6.91. The molecule has 32 heavy (non-hydrogen) atoms. The number of piperidine rings is 1. The van der Waals surface area contributed by atoms with Gasteiger partial charge in [0.05, 0.1) is 10.9 Å². The monoisotopic (exact) mass is 423 g/mol. The van der Waals surface area contributed by atoms with Crippen LogP contribution >= 0.6 is 0 Å². The van der Waals surface area contributed by atoms with E-state index in [0.717, 1.165) is 47.4 Å². The minimum atomic E-state index is 0.354. The molecule has 2 aliphatic rings. The van der Waals surface area contributed by atoms with Gasteiger partial charge in [-0.1, -0.05) is 48.5 Å². The maximum atomic E-state index is 9.35. The van der Waals surface area contributed by atoms with Crippen molar-refractivity contribution in [1.29, 1.82) is 0 Å². The Kier molecular flexibility index (Phi) is 4.86. The van der Waals surface area contributed by atoms with Crippen molar-refractivity contribution in [3.63, 3.8) is 0 Å². The lowest BCUT2D eigenvalue weighted by Gasteiger charge is -2.19. The lowest BCUT2D eigenvalue weighted by atomic mass is 10.0. The van der Waals surface area contributed by atoms with Crippen LogP contribution < -0.4 is 4.74 Å². The zero-order chi connectivity index (χ0) is 21.5. The molecule has 0 spiro atoms. The molecule has 2 unspecified atom stereocenters. The van der Waals surface area contributed by atoms with Crippen LogP contribution in [0.15, 0.2) is 79.1 Å². The number of hydrogen-bond donors (Lipinski definition) is 1. The van der Waals surface area contributed by atoms with Crippen molar-refractivity contribution in [1.82, 2.24) is 14.9 Å². The molecule has 1 aliphatic carbocycles. The highest BCUT2D eigenvalue weighted by Gasteiger charge is 2.54. The molecule has 2 atom stereocenters. The van der Waals surface area contributed by atoms with E-state index in [0.29, 0.717) is 30.2 Å². The Hall–Kier alpha value is -3.28. The van der Waals surface area contributed by atoms with Crippen molar-refractivity contribution in [2.45, 2.75) is 6.54 Å². The predicted octanol–water partition coefficient (Wildman–Crippen LogP) is 4.76. The fourth-order valence-corrected chi connectivity index (χ4v) is 5.09. The Morgan fingerprint density at radius 3 is 2.38 bits per heavy atom. The number of aliphatic hydroxyl groups is 1. The highest BCUT2D eigenvalue weighted by molar-refractivity contribution is 5.88. The molecule has 0 bridgehead atoms. The number of aromatic nitrogens is 2. The number of likely N-dealkylation sites (tertiary alicyclic amines) is 1. The molecule has 2 fully saturated rings. The Balaban J connectivity index is 1.21. The summed E-state index contributed by atoms with van der Waals surface area (Å²) in [7, 11) is 0. The summed E-state index contributed by atoms with van der Waals surface area (Å²) in [6, 6.07) is 24.7. The lowest BCUT2D eigenvalue weighted by molar-refractivity contribution is 0.217. The fraction of sp³-hybridized carbons (Fsp3) is 0.259. The molecular weight excluding hydrogens is 398 g/mol. The quantitative estimate of drug-likeness (QED) is 0.485. The second-order valence-corrected chi connectivity index (χ2v) is 8.89. The van der Waals surface area contributed by atoms with Gasteiger partial charge in [-0.2, -0.15) is 0 Å². The highest BCUT2D eigenvalue weighted by Crippen LogP contribution is 2.51. The van der Waals surface area contributed by atoms with E-state index >= 15 is 0 Å². The van der Waals surface area contributed by atoms with Gasteiger partial charge >= 0.3 is 0 Å². The minimum Gasteiger partial charge on any atom is -0.438 e. The largest absolute Gasteiger partial charge is 0.438 e. The summed E-state index contributed by atoms with van der Waals surface area (Å²) in [5.74, 6) is 3.31. The van der Waals surface area contributed by atoms with E-state index in [4.69, 9.17) is 4.74 Å². The second-order valence-electron chi connectivity index (χ2n) is 8.89. The molecule has 4 aromatic rings. The third kappa shape index (κ3) is 3.64. The number of aliphatic hydroxyl groups excluding tert-OH is 1. The molecule has 0 amide bonds. The minimum absolute atomic E-state index is 0.354. The number of fused-ring (bicyclic) bond motifs is 2. The molecule has 160 valence electrons. The summed E-state index contributed by atoms with van der Waals surface area (Å²) >= 11 is 0. The van der Waals surface area contributed by atoms with Crippen LogP contribution in [0.2, 0.25) is 0 Å². The molecule has 5 heteroatoms. The Bertz CT molecular complexity index is 1230. The first-order valence-electron chi connectivity index (χ1n) is 11.2. The van der Waals surface area contributed by atoms with Gasteiger partial charge in [0.25, 0.3) is 0 Å². The van der Waals surface area contributed by atoms with E-state index in [1.165, 1.54) is 5.56 Å². The Morgan fingerprint density at radius 2 is 1.62 bits per heavy atom. The smallest absolute Gasteiger partial charge is 0.230 e. The maximum absolute atomic E-state index is 9.35. The van der Waals surface area contributed by atoms with Crippen LogP contribution in [-0.4, -0.2) is 39.7 Å². The molecule has 3 aromatic carbocycles. The standard InChI is InChI=1S/C27H25N3O2/c31-16-25-23-14-30(15-24(23)25)13-18-6-8-19(9-7-18)20-10-11-26-22(12-20)27(29-17-28-26)32-21-4-2-1-3-5-21/h1-12,17,23-25,31H,13-16H2. The van der Waals surface area contributed by atoms with Crippen LogP contribution in [0.5, 0.6) is 11.6 Å². The lowest BCUT2D eigenvalue weighted by Crippen LogP contribution is -2.24. The summed E-state index contributed by atoms with van der Waals surface area (Å²) in [6.07, 6.45) is 1.54. The highest BCUT2D eigenvalue weighted by atomic mass is 16.5. The molecule has 1 N–H and O–H groups in total. The molecule has 5 nitrogen and oxygen atoms in total. The number of nitrogens with zero attached hydrogens (tertiary/aromatic N) is 3. The van der Waals surface area contributed by atoms with Crippen molar-refractivity contribution < 1.29 is 9.84 Å². The molecular formula is C27H25N3O2. The van der Waals surface area contributed by atoms with Crippen LogP contribution in [0.25, 0.3) is 22.0 Å². The summed E-state index contributed by atoms with van der Waals surface area (Å²) < 4.78 is 6.03. The van der Waals surface area contributed by atoms with E-state index in [1.807, 2.05) is 36.4 Å². The van der Waals surface area contributed by atoms with Crippen LogP contribution in [0, 0.1) is 17.8 Å². The number of rotatable bonds is 6. The zero-order valence-corrected chi connectivity index (χ0v) is 17.8. The first kappa shape index (κ1) is 19.4. The van der Waals surface area contributed by atoms with E-state index in [1.54, 1.807) is 6.33 Å². The van der Waals surface area contributed by atoms with Crippen LogP contribution in [0.4, 0.5) is 0 Å². The average molecular weight is 424 g/mol. The molecule has 0 radical (unpaired) electrons. The zero-order valence-electron chi connectivity index (χ0n) is 17.8. The molecule has 6 rings (SSSR count). The second kappa shape index (κ2) is 8.01. The van der Waals surface area contributed by atoms with Gasteiger partial charge < -0.3 is 9.84 Å². The Labute approximate surface area is 187 Å². The van der Waals surface area contributed by atoms with Crippen molar-refractivity contribution in [3.05, 3.63) is 84.7 Å². The third-order valence-electron chi connectivity index (χ3n) is 6.91. The van der Waals surface area contributed by atoms with Gasteiger partial charge in [-0.3, -0.25) is 4.90 Å². The van der Waals surface area contributed by atoms with Gasteiger partial charge in [-0.05, 0) is 58.7 Å². The summed E-state index contributed by atoms with van der Waals surface area (Å²) in [5, 5.41) is 10.2. The van der Waals surface area contributed by atoms with Crippen LogP contribution in [0.3, 0.4) is 0 Å². The van der Waals surface area contributed by atoms with Crippen LogP contribution in [0.1, 0.15) is 5.56 Å². The number of benzene rings is 3. The number of para-hydroxylation sites is 1. The van der Waals surface area contributed by atoms with Gasteiger partial charge in [0.15, 0.2) is 0 Å². The SMILES string of the molecule is OCC1C2CN(Cc3ccc(-c4ccc5ncnc(Oc6ccccc6)c5c4)cc3)CC12. The first-order valence-corrected chi connectivity index (χ1v) is 11.2. The molecule has 1 aromatic heterocycles. The first-order chi connectivity index (χ1) is 15.8.